The Morgan fingerprint density at radius 1 is 1.33 bits per heavy atom. The van der Waals surface area contributed by atoms with Crippen LogP contribution in [0, 0.1) is 6.92 Å². The minimum absolute atomic E-state index is 0.0372. The Labute approximate surface area is 141 Å². The van der Waals surface area contributed by atoms with Crippen LogP contribution in [0.5, 0.6) is 0 Å². The molecule has 0 saturated carbocycles. The van der Waals surface area contributed by atoms with Gasteiger partial charge in [-0.3, -0.25) is 14.4 Å². The van der Waals surface area contributed by atoms with E-state index in [0.29, 0.717) is 18.7 Å². The Morgan fingerprint density at radius 3 is 2.67 bits per heavy atom. The summed E-state index contributed by atoms with van der Waals surface area (Å²) in [5.74, 6) is 0.0372. The first-order chi connectivity index (χ1) is 11.5. The summed E-state index contributed by atoms with van der Waals surface area (Å²) in [5.41, 5.74) is 2.23. The summed E-state index contributed by atoms with van der Waals surface area (Å²) >= 11 is 0. The molecule has 0 aromatic carbocycles. The molecule has 0 spiro atoms. The van der Waals surface area contributed by atoms with Crippen LogP contribution in [0.25, 0.3) is 11.0 Å². The van der Waals surface area contributed by atoms with Crippen LogP contribution in [0.4, 0.5) is 0 Å². The molecule has 1 atom stereocenters. The zero-order valence-electron chi connectivity index (χ0n) is 14.6. The molecule has 7 heteroatoms. The van der Waals surface area contributed by atoms with Gasteiger partial charge in [-0.2, -0.15) is 5.10 Å². The standard InChI is InChI=1S/C17H25N5O2/c1-4-13(11-23)21-5-7-22(8-6-21)17(24)14-9-12(2)19-16-15(14)10-18-20(16)3/h9-10,13,23H,4-8,11H2,1-3H3. The molecule has 1 N–H and O–H groups in total. The van der Waals surface area contributed by atoms with Crippen LogP contribution in [0.1, 0.15) is 29.4 Å². The average Bonchev–Trinajstić information content (AvgIpc) is 2.96. The number of hydrogen-bond donors (Lipinski definition) is 1. The number of pyridine rings is 1. The number of aryl methyl sites for hydroxylation is 2. The second-order valence-electron chi connectivity index (χ2n) is 6.39. The maximum atomic E-state index is 13.0. The number of aliphatic hydroxyl groups excluding tert-OH is 1. The van der Waals surface area contributed by atoms with E-state index in [4.69, 9.17) is 0 Å². The topological polar surface area (TPSA) is 74.5 Å². The first kappa shape index (κ1) is 16.9. The van der Waals surface area contributed by atoms with Gasteiger partial charge in [0.25, 0.3) is 5.91 Å². The van der Waals surface area contributed by atoms with Crippen LogP contribution in [0.3, 0.4) is 0 Å². The van der Waals surface area contributed by atoms with Crippen molar-refractivity contribution in [3.05, 3.63) is 23.5 Å². The van der Waals surface area contributed by atoms with Crippen molar-refractivity contribution in [2.75, 3.05) is 32.8 Å². The molecule has 0 bridgehead atoms. The van der Waals surface area contributed by atoms with Crippen molar-refractivity contribution in [3.8, 4) is 0 Å². The lowest BCUT2D eigenvalue weighted by Crippen LogP contribution is -2.52. The van der Waals surface area contributed by atoms with Gasteiger partial charge in [-0.25, -0.2) is 4.98 Å². The van der Waals surface area contributed by atoms with Crippen LogP contribution in [-0.2, 0) is 7.05 Å². The van der Waals surface area contributed by atoms with E-state index in [0.717, 1.165) is 36.2 Å². The molecule has 2 aromatic rings. The van der Waals surface area contributed by atoms with E-state index < -0.39 is 0 Å². The quantitative estimate of drug-likeness (QED) is 0.897. The van der Waals surface area contributed by atoms with Crippen molar-refractivity contribution < 1.29 is 9.90 Å². The lowest BCUT2D eigenvalue weighted by Gasteiger charge is -2.38. The minimum atomic E-state index is 0.0372. The zero-order chi connectivity index (χ0) is 17.3. The van der Waals surface area contributed by atoms with Crippen molar-refractivity contribution >= 4 is 16.9 Å². The minimum Gasteiger partial charge on any atom is -0.395 e. The molecule has 1 saturated heterocycles. The summed E-state index contributed by atoms with van der Waals surface area (Å²) in [6.45, 7) is 7.10. The summed E-state index contributed by atoms with van der Waals surface area (Å²) in [4.78, 5) is 21.6. The second-order valence-corrected chi connectivity index (χ2v) is 6.39. The molecule has 24 heavy (non-hydrogen) atoms. The monoisotopic (exact) mass is 331 g/mol. The van der Waals surface area contributed by atoms with Gasteiger partial charge in [-0.15, -0.1) is 0 Å². The Bertz CT molecular complexity index is 730. The van der Waals surface area contributed by atoms with E-state index in [1.807, 2.05) is 24.9 Å². The largest absolute Gasteiger partial charge is 0.395 e. The zero-order valence-corrected chi connectivity index (χ0v) is 14.6. The van der Waals surface area contributed by atoms with Crippen molar-refractivity contribution in [3.63, 3.8) is 0 Å². The van der Waals surface area contributed by atoms with E-state index in [1.54, 1.807) is 10.9 Å². The second kappa shape index (κ2) is 6.86. The maximum absolute atomic E-state index is 13.0. The van der Waals surface area contributed by atoms with Crippen LogP contribution in [-0.4, -0.2) is 74.4 Å². The normalized spacial score (nSPS) is 17.4. The van der Waals surface area contributed by atoms with E-state index in [2.05, 4.69) is 21.9 Å². The fraction of sp³-hybridized carbons (Fsp3) is 0.588. The number of rotatable bonds is 4. The highest BCUT2D eigenvalue weighted by Gasteiger charge is 2.27. The number of hydrogen-bond acceptors (Lipinski definition) is 5. The third kappa shape index (κ3) is 3.01. The summed E-state index contributed by atoms with van der Waals surface area (Å²) in [6, 6.07) is 2.04. The molecular formula is C17H25N5O2. The highest BCUT2D eigenvalue weighted by molar-refractivity contribution is 6.05. The molecule has 3 rings (SSSR count). The molecule has 2 aromatic heterocycles. The van der Waals surface area contributed by atoms with Gasteiger partial charge in [0.1, 0.15) is 0 Å². The van der Waals surface area contributed by atoms with Gasteiger partial charge in [0.05, 0.1) is 23.8 Å². The van der Waals surface area contributed by atoms with E-state index in [1.165, 1.54) is 0 Å². The summed E-state index contributed by atoms with van der Waals surface area (Å²) in [6.07, 6.45) is 2.63. The number of piperazine rings is 1. The SMILES string of the molecule is CCC(CO)N1CCN(C(=O)c2cc(C)nc3c2cnn3C)CC1. The number of amides is 1. The number of aliphatic hydroxyl groups is 1. The molecule has 0 aliphatic carbocycles. The van der Waals surface area contributed by atoms with Gasteiger partial charge in [-0.05, 0) is 19.4 Å². The molecule has 1 fully saturated rings. The highest BCUT2D eigenvalue weighted by Crippen LogP contribution is 2.20. The van der Waals surface area contributed by atoms with Gasteiger partial charge < -0.3 is 10.0 Å². The lowest BCUT2D eigenvalue weighted by atomic mass is 10.1. The summed E-state index contributed by atoms with van der Waals surface area (Å²) in [7, 11) is 1.83. The maximum Gasteiger partial charge on any atom is 0.254 e. The molecule has 0 radical (unpaired) electrons. The summed E-state index contributed by atoms with van der Waals surface area (Å²) in [5, 5.41) is 14.5. The number of carbonyl (C=O) groups is 1. The van der Waals surface area contributed by atoms with Crippen LogP contribution >= 0.6 is 0 Å². The smallest absolute Gasteiger partial charge is 0.254 e. The average molecular weight is 331 g/mol. The van der Waals surface area contributed by atoms with Gasteiger partial charge in [0.15, 0.2) is 5.65 Å². The van der Waals surface area contributed by atoms with E-state index >= 15 is 0 Å². The Kier molecular flexibility index (Phi) is 4.82. The fourth-order valence-corrected chi connectivity index (χ4v) is 3.38. The number of carbonyl (C=O) groups excluding carboxylic acids is 1. The number of aromatic nitrogens is 3. The Morgan fingerprint density at radius 2 is 2.04 bits per heavy atom. The highest BCUT2D eigenvalue weighted by atomic mass is 16.3. The third-order valence-electron chi connectivity index (χ3n) is 4.86. The lowest BCUT2D eigenvalue weighted by molar-refractivity contribution is 0.0473. The fourth-order valence-electron chi connectivity index (χ4n) is 3.38. The first-order valence-corrected chi connectivity index (χ1v) is 8.48. The molecule has 3 heterocycles. The van der Waals surface area contributed by atoms with Gasteiger partial charge in [0.2, 0.25) is 0 Å². The van der Waals surface area contributed by atoms with Crippen molar-refractivity contribution in [1.29, 1.82) is 0 Å². The predicted octanol–water partition coefficient (Wildman–Crippen LogP) is 0.805. The first-order valence-electron chi connectivity index (χ1n) is 8.48. The molecule has 1 amide bonds. The molecule has 1 aliphatic heterocycles. The van der Waals surface area contributed by atoms with Crippen molar-refractivity contribution in [2.45, 2.75) is 26.3 Å². The number of fused-ring (bicyclic) bond motifs is 1. The molecule has 1 unspecified atom stereocenters. The Hall–Kier alpha value is -1.99. The Balaban J connectivity index is 1.79. The van der Waals surface area contributed by atoms with Crippen LogP contribution in [0.2, 0.25) is 0 Å². The van der Waals surface area contributed by atoms with E-state index in [9.17, 15) is 9.90 Å². The van der Waals surface area contributed by atoms with Crippen LogP contribution < -0.4 is 0 Å². The molecular weight excluding hydrogens is 306 g/mol. The molecule has 1 aliphatic rings. The number of nitrogens with zero attached hydrogens (tertiary/aromatic N) is 5. The van der Waals surface area contributed by atoms with Gasteiger partial charge in [-0.1, -0.05) is 6.92 Å². The molecule has 130 valence electrons. The molecule has 7 nitrogen and oxygen atoms in total. The van der Waals surface area contributed by atoms with Crippen molar-refractivity contribution in [2.24, 2.45) is 7.05 Å². The third-order valence-corrected chi connectivity index (χ3v) is 4.86. The van der Waals surface area contributed by atoms with Crippen LogP contribution in [0.15, 0.2) is 12.3 Å². The van der Waals surface area contributed by atoms with E-state index in [-0.39, 0.29) is 18.6 Å². The van der Waals surface area contributed by atoms with Gasteiger partial charge >= 0.3 is 0 Å². The van der Waals surface area contributed by atoms with Crippen molar-refractivity contribution in [1.82, 2.24) is 24.6 Å². The predicted molar refractivity (Wildman–Crippen MR) is 91.9 cm³/mol. The van der Waals surface area contributed by atoms with Gasteiger partial charge in [0, 0.05) is 45.0 Å². The summed E-state index contributed by atoms with van der Waals surface area (Å²) < 4.78 is 1.70.